The van der Waals surface area contributed by atoms with Crippen molar-refractivity contribution in [3.05, 3.63) is 62.6 Å². The molecule has 3 rings (SSSR count). The number of hydrogen-bond donors (Lipinski definition) is 1. The van der Waals surface area contributed by atoms with Crippen molar-refractivity contribution in [2.45, 2.75) is 24.2 Å². The Morgan fingerprint density at radius 3 is 2.22 bits per heavy atom. The fourth-order valence-corrected chi connectivity index (χ4v) is 4.37. The summed E-state index contributed by atoms with van der Waals surface area (Å²) < 4.78 is 104. The molecule has 6 nitrogen and oxygen atoms in total. The van der Waals surface area contributed by atoms with Gasteiger partial charge in [-0.25, -0.2) is 18.1 Å². The highest BCUT2D eigenvalue weighted by atomic mass is 79.9. The van der Waals surface area contributed by atoms with Crippen LogP contribution < -0.4 is 11.0 Å². The van der Waals surface area contributed by atoms with Crippen LogP contribution in [0.25, 0.3) is 10.9 Å². The SMILES string of the molecule is CCS(=O)(=O)c1ccc(C(F)(F)F)cc1Nn1cnc2c(Br)cc(C(F)(F)F)cc2c1=O. The Balaban J connectivity index is 2.23. The van der Waals surface area contributed by atoms with Crippen LogP contribution in [-0.4, -0.2) is 23.8 Å². The zero-order chi connectivity index (χ0) is 24.1. The highest BCUT2D eigenvalue weighted by Gasteiger charge is 2.33. The molecule has 172 valence electrons. The van der Waals surface area contributed by atoms with E-state index in [0.29, 0.717) is 22.9 Å². The molecule has 0 atom stereocenters. The monoisotopic (exact) mass is 543 g/mol. The van der Waals surface area contributed by atoms with Gasteiger partial charge in [0.05, 0.1) is 38.4 Å². The summed E-state index contributed by atoms with van der Waals surface area (Å²) in [6.45, 7) is 1.27. The molecule has 0 amide bonds. The van der Waals surface area contributed by atoms with Crippen molar-refractivity contribution >= 4 is 42.4 Å². The molecular weight excluding hydrogens is 532 g/mol. The average molecular weight is 544 g/mol. The molecule has 3 aromatic rings. The zero-order valence-corrected chi connectivity index (χ0v) is 18.2. The Hall–Kier alpha value is -2.61. The number of rotatable bonds is 4. The number of alkyl halides is 6. The molecule has 0 spiro atoms. The molecule has 2 aromatic carbocycles. The van der Waals surface area contributed by atoms with E-state index in [4.69, 9.17) is 0 Å². The first-order chi connectivity index (χ1) is 14.6. The van der Waals surface area contributed by atoms with Crippen molar-refractivity contribution in [1.29, 1.82) is 0 Å². The van der Waals surface area contributed by atoms with Crippen molar-refractivity contribution in [3.63, 3.8) is 0 Å². The van der Waals surface area contributed by atoms with Crippen molar-refractivity contribution < 1.29 is 34.8 Å². The number of benzene rings is 2. The van der Waals surface area contributed by atoms with Gasteiger partial charge >= 0.3 is 12.4 Å². The number of nitrogens with zero attached hydrogens (tertiary/aromatic N) is 2. The van der Waals surface area contributed by atoms with Crippen LogP contribution in [0.4, 0.5) is 32.0 Å². The molecule has 0 fully saturated rings. The molecule has 0 aliphatic heterocycles. The fraction of sp³-hybridized carbons (Fsp3) is 0.222. The molecular formula is C18H12BrF6N3O3S. The number of nitrogens with one attached hydrogen (secondary N) is 1. The summed E-state index contributed by atoms with van der Waals surface area (Å²) in [7, 11) is -4.02. The van der Waals surface area contributed by atoms with Gasteiger partial charge in [-0.2, -0.15) is 26.3 Å². The highest BCUT2D eigenvalue weighted by Crippen LogP contribution is 2.35. The Kier molecular flexibility index (Phi) is 6.06. The summed E-state index contributed by atoms with van der Waals surface area (Å²) in [5, 5.41) is -0.492. The maximum atomic E-state index is 13.1. The van der Waals surface area contributed by atoms with Crippen LogP contribution in [0.2, 0.25) is 0 Å². The predicted octanol–water partition coefficient (Wildman–Crippen LogP) is 4.87. The first-order valence-corrected chi connectivity index (χ1v) is 11.1. The van der Waals surface area contributed by atoms with Gasteiger partial charge in [0.2, 0.25) is 0 Å². The highest BCUT2D eigenvalue weighted by molar-refractivity contribution is 9.10. The molecule has 14 heteroatoms. The third-order valence-electron chi connectivity index (χ3n) is 4.41. The second-order valence-electron chi connectivity index (χ2n) is 6.50. The molecule has 0 bridgehead atoms. The second-order valence-corrected chi connectivity index (χ2v) is 9.60. The lowest BCUT2D eigenvalue weighted by molar-refractivity contribution is -0.138. The summed E-state index contributed by atoms with van der Waals surface area (Å²) >= 11 is 2.91. The van der Waals surface area contributed by atoms with Crippen LogP contribution in [0, 0.1) is 0 Å². The van der Waals surface area contributed by atoms with E-state index in [1.807, 2.05) is 0 Å². The summed E-state index contributed by atoms with van der Waals surface area (Å²) in [5.41, 5.74) is -1.91. The molecule has 0 aliphatic rings. The first kappa shape index (κ1) is 24.0. The summed E-state index contributed by atoms with van der Waals surface area (Å²) in [6.07, 6.45) is -8.77. The molecule has 0 radical (unpaired) electrons. The maximum absolute atomic E-state index is 13.1. The quantitative estimate of drug-likeness (QED) is 0.475. The van der Waals surface area contributed by atoms with E-state index in [0.717, 1.165) is 18.5 Å². The third kappa shape index (κ3) is 4.60. The van der Waals surface area contributed by atoms with Crippen LogP contribution in [0.5, 0.6) is 0 Å². The van der Waals surface area contributed by atoms with Gasteiger partial charge in [0, 0.05) is 4.47 Å². The lowest BCUT2D eigenvalue weighted by Gasteiger charge is -2.17. The van der Waals surface area contributed by atoms with Gasteiger partial charge in [0.1, 0.15) is 6.33 Å². The van der Waals surface area contributed by atoms with Gasteiger partial charge in [-0.15, -0.1) is 0 Å². The van der Waals surface area contributed by atoms with E-state index in [-0.39, 0.29) is 9.99 Å². The van der Waals surface area contributed by atoms with Crippen LogP contribution >= 0.6 is 15.9 Å². The van der Waals surface area contributed by atoms with E-state index in [1.54, 1.807) is 0 Å². The Morgan fingerprint density at radius 1 is 1.03 bits per heavy atom. The summed E-state index contributed by atoms with van der Waals surface area (Å²) in [4.78, 5) is 16.1. The zero-order valence-electron chi connectivity index (χ0n) is 15.8. The molecule has 1 heterocycles. The molecule has 1 aromatic heterocycles. The minimum Gasteiger partial charge on any atom is -0.289 e. The average Bonchev–Trinajstić information content (AvgIpc) is 2.68. The van der Waals surface area contributed by atoms with Crippen LogP contribution in [0.15, 0.2) is 50.8 Å². The van der Waals surface area contributed by atoms with E-state index in [1.165, 1.54) is 6.92 Å². The van der Waals surface area contributed by atoms with Crippen molar-refractivity contribution in [1.82, 2.24) is 9.66 Å². The minimum atomic E-state index is -4.82. The number of fused-ring (bicyclic) bond motifs is 1. The third-order valence-corrected chi connectivity index (χ3v) is 6.80. The lowest BCUT2D eigenvalue weighted by atomic mass is 10.1. The van der Waals surface area contributed by atoms with Gasteiger partial charge in [-0.3, -0.25) is 10.2 Å². The Morgan fingerprint density at radius 2 is 1.66 bits per heavy atom. The van der Waals surface area contributed by atoms with Gasteiger partial charge in [0.15, 0.2) is 9.84 Å². The normalized spacial score (nSPS) is 12.9. The van der Waals surface area contributed by atoms with Gasteiger partial charge in [0.25, 0.3) is 5.56 Å². The van der Waals surface area contributed by atoms with E-state index < -0.39 is 60.6 Å². The van der Waals surface area contributed by atoms with E-state index >= 15 is 0 Å². The molecule has 1 N–H and O–H groups in total. The molecule has 0 saturated heterocycles. The van der Waals surface area contributed by atoms with Crippen LogP contribution in [0.3, 0.4) is 0 Å². The van der Waals surface area contributed by atoms with Crippen molar-refractivity contribution in [2.75, 3.05) is 11.2 Å². The summed E-state index contributed by atoms with van der Waals surface area (Å²) in [5.74, 6) is -0.445. The largest absolute Gasteiger partial charge is 0.416 e. The van der Waals surface area contributed by atoms with Crippen molar-refractivity contribution in [2.24, 2.45) is 0 Å². The van der Waals surface area contributed by atoms with Crippen LogP contribution in [0.1, 0.15) is 18.1 Å². The van der Waals surface area contributed by atoms with Crippen LogP contribution in [-0.2, 0) is 22.2 Å². The number of aromatic nitrogens is 2. The number of hydrogen-bond acceptors (Lipinski definition) is 5. The van der Waals surface area contributed by atoms with Crippen molar-refractivity contribution in [3.8, 4) is 0 Å². The van der Waals surface area contributed by atoms with E-state index in [9.17, 15) is 39.6 Å². The Bertz CT molecular complexity index is 1370. The molecule has 32 heavy (non-hydrogen) atoms. The smallest absolute Gasteiger partial charge is 0.289 e. The maximum Gasteiger partial charge on any atom is 0.416 e. The topological polar surface area (TPSA) is 81.1 Å². The number of sulfone groups is 1. The predicted molar refractivity (Wildman–Crippen MR) is 107 cm³/mol. The van der Waals surface area contributed by atoms with Gasteiger partial charge in [-0.1, -0.05) is 6.92 Å². The standard InChI is InChI=1S/C18H12BrF6N3O3S/c1-2-32(30,31)14-4-3-9(17(20,21)22)7-13(14)27-28-8-26-15-11(16(28)29)5-10(6-12(15)19)18(23,24)25/h3-8,27H,2H2,1H3. The lowest BCUT2D eigenvalue weighted by Crippen LogP contribution is -2.28. The van der Waals surface area contributed by atoms with Gasteiger partial charge < -0.3 is 0 Å². The Labute approximate surface area is 184 Å². The minimum absolute atomic E-state index is 0.119. The molecule has 0 aliphatic carbocycles. The molecule has 0 saturated carbocycles. The van der Waals surface area contributed by atoms with Gasteiger partial charge in [-0.05, 0) is 46.3 Å². The fourth-order valence-electron chi connectivity index (χ4n) is 2.78. The second kappa shape index (κ2) is 8.06. The summed E-state index contributed by atoms with van der Waals surface area (Å²) in [6, 6.07) is 3.07. The first-order valence-electron chi connectivity index (χ1n) is 8.64. The molecule has 0 unspecified atom stereocenters. The van der Waals surface area contributed by atoms with E-state index in [2.05, 4.69) is 26.3 Å². The number of anilines is 1. The number of halogens is 7.